The van der Waals surface area contributed by atoms with Crippen molar-refractivity contribution in [3.8, 4) is 0 Å². The van der Waals surface area contributed by atoms with E-state index >= 15 is 0 Å². The lowest BCUT2D eigenvalue weighted by Gasteiger charge is -2.19. The highest BCUT2D eigenvalue weighted by atomic mass is 32.2. The fourth-order valence-electron chi connectivity index (χ4n) is 1.69. The summed E-state index contributed by atoms with van der Waals surface area (Å²) < 4.78 is 0. The summed E-state index contributed by atoms with van der Waals surface area (Å²) in [7, 11) is 0. The van der Waals surface area contributed by atoms with Gasteiger partial charge in [0.2, 0.25) is 0 Å². The van der Waals surface area contributed by atoms with Crippen LogP contribution in [0.15, 0.2) is 6.20 Å². The predicted octanol–water partition coefficient (Wildman–Crippen LogP) is 2.51. The highest BCUT2D eigenvalue weighted by Crippen LogP contribution is 2.15. The third-order valence-electron chi connectivity index (χ3n) is 2.62. The fraction of sp³-hybridized carbons (Fsp3) is 0.727. The van der Waals surface area contributed by atoms with Gasteiger partial charge in [-0.1, -0.05) is 0 Å². The number of thioether (sulfide) groups is 1. The van der Waals surface area contributed by atoms with Gasteiger partial charge in [-0.2, -0.15) is 16.9 Å². The summed E-state index contributed by atoms with van der Waals surface area (Å²) in [6, 6.07) is 0.933. The molecule has 86 valence electrons. The van der Waals surface area contributed by atoms with E-state index in [0.29, 0.717) is 12.1 Å². The molecule has 4 heteroatoms. The van der Waals surface area contributed by atoms with Crippen molar-refractivity contribution in [2.24, 2.45) is 0 Å². The lowest BCUT2D eigenvalue weighted by atomic mass is 10.1. The molecule has 0 saturated carbocycles. The Bertz CT molecular complexity index is 285. The van der Waals surface area contributed by atoms with E-state index in [-0.39, 0.29) is 0 Å². The second-order valence-electron chi connectivity index (χ2n) is 4.02. The Kier molecular flexibility index (Phi) is 5.19. The maximum Gasteiger partial charge on any atom is 0.0537 e. The molecule has 0 aliphatic heterocycles. The molecule has 0 saturated heterocycles. The first-order valence-electron chi connectivity index (χ1n) is 5.40. The average Bonchev–Trinajstić information content (AvgIpc) is 2.61. The summed E-state index contributed by atoms with van der Waals surface area (Å²) in [5.41, 5.74) is 2.43. The Hall–Kier alpha value is -0.480. The number of rotatable bonds is 6. The molecule has 0 spiro atoms. The zero-order valence-corrected chi connectivity index (χ0v) is 10.8. The largest absolute Gasteiger partial charge is 0.308 e. The first-order valence-corrected chi connectivity index (χ1v) is 6.79. The molecule has 1 aromatic heterocycles. The molecule has 15 heavy (non-hydrogen) atoms. The SMILES string of the molecule is CSCCC(C)NC(C)c1cn[nH]c1C. The normalized spacial score (nSPS) is 15.2. The number of H-pyrrole nitrogens is 1. The molecular formula is C11H21N3S. The highest BCUT2D eigenvalue weighted by Gasteiger charge is 2.12. The van der Waals surface area contributed by atoms with Crippen LogP contribution in [0.2, 0.25) is 0 Å². The minimum atomic E-state index is 0.376. The van der Waals surface area contributed by atoms with Gasteiger partial charge in [-0.25, -0.2) is 0 Å². The van der Waals surface area contributed by atoms with Crippen molar-refractivity contribution in [1.29, 1.82) is 0 Å². The van der Waals surface area contributed by atoms with Crippen LogP contribution in [0.5, 0.6) is 0 Å². The standard InChI is InChI=1S/C11H21N3S/c1-8(5-6-15-4)13-9(2)11-7-12-14-10(11)3/h7-9,13H,5-6H2,1-4H3,(H,12,14). The van der Waals surface area contributed by atoms with Gasteiger partial charge in [-0.05, 0) is 39.2 Å². The van der Waals surface area contributed by atoms with Gasteiger partial charge in [0.25, 0.3) is 0 Å². The maximum atomic E-state index is 4.04. The van der Waals surface area contributed by atoms with Crippen molar-refractivity contribution in [3.05, 3.63) is 17.5 Å². The maximum absolute atomic E-state index is 4.04. The quantitative estimate of drug-likeness (QED) is 0.784. The van der Waals surface area contributed by atoms with Gasteiger partial charge in [-0.3, -0.25) is 5.10 Å². The zero-order chi connectivity index (χ0) is 11.3. The van der Waals surface area contributed by atoms with Gasteiger partial charge >= 0.3 is 0 Å². The Morgan fingerprint density at radius 2 is 2.27 bits per heavy atom. The molecule has 0 radical (unpaired) electrons. The van der Waals surface area contributed by atoms with Gasteiger partial charge in [0.1, 0.15) is 0 Å². The van der Waals surface area contributed by atoms with Crippen molar-refractivity contribution >= 4 is 11.8 Å². The third kappa shape index (κ3) is 3.87. The molecule has 2 atom stereocenters. The summed E-state index contributed by atoms with van der Waals surface area (Å²) >= 11 is 1.90. The van der Waals surface area contributed by atoms with Crippen molar-refractivity contribution in [1.82, 2.24) is 15.5 Å². The van der Waals surface area contributed by atoms with Crippen molar-refractivity contribution < 1.29 is 0 Å². The van der Waals surface area contributed by atoms with Crippen LogP contribution in [0.4, 0.5) is 0 Å². The lowest BCUT2D eigenvalue weighted by Crippen LogP contribution is -2.29. The van der Waals surface area contributed by atoms with Gasteiger partial charge in [-0.15, -0.1) is 0 Å². The Morgan fingerprint density at radius 3 is 2.80 bits per heavy atom. The summed E-state index contributed by atoms with van der Waals surface area (Å²) in [4.78, 5) is 0. The number of hydrogen-bond donors (Lipinski definition) is 2. The van der Waals surface area contributed by atoms with Crippen molar-refractivity contribution in [3.63, 3.8) is 0 Å². The van der Waals surface area contributed by atoms with Crippen LogP contribution in [-0.4, -0.2) is 28.2 Å². The molecule has 1 heterocycles. The van der Waals surface area contributed by atoms with Gasteiger partial charge in [0.15, 0.2) is 0 Å². The van der Waals surface area contributed by atoms with E-state index in [2.05, 4.69) is 42.5 Å². The number of aromatic amines is 1. The highest BCUT2D eigenvalue weighted by molar-refractivity contribution is 7.98. The van der Waals surface area contributed by atoms with Gasteiger partial charge in [0, 0.05) is 23.3 Å². The molecular weight excluding hydrogens is 206 g/mol. The van der Waals surface area contributed by atoms with Crippen LogP contribution in [0.25, 0.3) is 0 Å². The van der Waals surface area contributed by atoms with Crippen LogP contribution in [0.1, 0.15) is 37.6 Å². The van der Waals surface area contributed by atoms with E-state index in [0.717, 1.165) is 5.69 Å². The molecule has 0 fully saturated rings. The average molecular weight is 227 g/mol. The molecule has 0 aliphatic carbocycles. The molecule has 2 unspecified atom stereocenters. The zero-order valence-electron chi connectivity index (χ0n) is 10.0. The second kappa shape index (κ2) is 6.18. The number of aryl methyl sites for hydroxylation is 1. The van der Waals surface area contributed by atoms with E-state index < -0.39 is 0 Å². The molecule has 0 aromatic carbocycles. The third-order valence-corrected chi connectivity index (χ3v) is 3.27. The number of nitrogens with zero attached hydrogens (tertiary/aromatic N) is 1. The smallest absolute Gasteiger partial charge is 0.0537 e. The molecule has 0 aliphatic rings. The molecule has 2 N–H and O–H groups in total. The van der Waals surface area contributed by atoms with Gasteiger partial charge in [0.05, 0.1) is 6.20 Å². The van der Waals surface area contributed by atoms with Crippen LogP contribution < -0.4 is 5.32 Å². The first kappa shape index (κ1) is 12.6. The molecule has 0 amide bonds. The summed E-state index contributed by atoms with van der Waals surface area (Å²) in [6.07, 6.45) is 5.27. The summed E-state index contributed by atoms with van der Waals surface area (Å²) in [6.45, 7) is 6.49. The minimum absolute atomic E-state index is 0.376. The van der Waals surface area contributed by atoms with Crippen molar-refractivity contribution in [2.45, 2.75) is 39.3 Å². The molecule has 1 rings (SSSR count). The molecule has 1 aromatic rings. The van der Waals surface area contributed by atoms with Crippen LogP contribution >= 0.6 is 11.8 Å². The topological polar surface area (TPSA) is 40.7 Å². The minimum Gasteiger partial charge on any atom is -0.308 e. The Balaban J connectivity index is 2.42. The van der Waals surface area contributed by atoms with E-state index in [9.17, 15) is 0 Å². The lowest BCUT2D eigenvalue weighted by molar-refractivity contribution is 0.470. The number of hydrogen-bond acceptors (Lipinski definition) is 3. The van der Waals surface area contributed by atoms with E-state index in [1.165, 1.54) is 17.7 Å². The number of nitrogens with one attached hydrogen (secondary N) is 2. The fourth-order valence-corrected chi connectivity index (χ4v) is 2.28. The van der Waals surface area contributed by atoms with Crippen molar-refractivity contribution in [2.75, 3.05) is 12.0 Å². The van der Waals surface area contributed by atoms with E-state index in [1.54, 1.807) is 0 Å². The Labute approximate surface area is 96.4 Å². The van der Waals surface area contributed by atoms with Crippen LogP contribution in [0, 0.1) is 6.92 Å². The first-order chi connectivity index (χ1) is 7.15. The monoisotopic (exact) mass is 227 g/mol. The second-order valence-corrected chi connectivity index (χ2v) is 5.01. The summed E-state index contributed by atoms with van der Waals surface area (Å²) in [5.74, 6) is 1.21. The van der Waals surface area contributed by atoms with E-state index in [4.69, 9.17) is 0 Å². The number of aromatic nitrogens is 2. The molecule has 0 bridgehead atoms. The Morgan fingerprint density at radius 1 is 1.53 bits per heavy atom. The van der Waals surface area contributed by atoms with Crippen LogP contribution in [-0.2, 0) is 0 Å². The van der Waals surface area contributed by atoms with Crippen LogP contribution in [0.3, 0.4) is 0 Å². The molecule has 3 nitrogen and oxygen atoms in total. The van der Waals surface area contributed by atoms with E-state index in [1.807, 2.05) is 18.0 Å². The van der Waals surface area contributed by atoms with Gasteiger partial charge < -0.3 is 5.32 Å². The summed E-state index contributed by atoms with van der Waals surface area (Å²) in [5, 5.41) is 10.6. The predicted molar refractivity (Wildman–Crippen MR) is 67.3 cm³/mol.